The summed E-state index contributed by atoms with van der Waals surface area (Å²) >= 11 is 0. The molecular weight excluding hydrogens is 585 g/mol. The molecule has 0 radical (unpaired) electrons. The molecule has 4 saturated carbocycles. The Bertz CT molecular complexity index is 2130. The van der Waals surface area contributed by atoms with Crippen LogP contribution in [0.4, 0.5) is 0 Å². The average Bonchev–Trinajstić information content (AvgIpc) is 3.15. The molecule has 0 unspecified atom stereocenters. The molecule has 0 spiro atoms. The van der Waals surface area contributed by atoms with Crippen molar-refractivity contribution in [3.63, 3.8) is 0 Å². The molecule has 5 aromatic carbocycles. The smallest absolute Gasteiger partial charge is 0.164 e. The van der Waals surface area contributed by atoms with Crippen molar-refractivity contribution in [3.8, 4) is 62.5 Å². The third-order valence-electron chi connectivity index (χ3n) is 11.1. The van der Waals surface area contributed by atoms with Gasteiger partial charge >= 0.3 is 0 Å². The van der Waals surface area contributed by atoms with Gasteiger partial charge in [-0.1, -0.05) is 97.1 Å². The third kappa shape index (κ3) is 5.30. The second-order valence-corrected chi connectivity index (χ2v) is 14.3. The first-order chi connectivity index (χ1) is 23.6. The monoisotopic (exact) mass is 620 g/mol. The van der Waals surface area contributed by atoms with Gasteiger partial charge in [0.2, 0.25) is 0 Å². The van der Waals surface area contributed by atoms with Gasteiger partial charge in [-0.2, -0.15) is 5.26 Å². The van der Waals surface area contributed by atoms with Crippen LogP contribution in [0.1, 0.15) is 49.7 Å². The molecule has 4 nitrogen and oxygen atoms in total. The van der Waals surface area contributed by atoms with Gasteiger partial charge in [-0.3, -0.25) is 0 Å². The zero-order valence-corrected chi connectivity index (χ0v) is 26.9. The quantitative estimate of drug-likeness (QED) is 0.186. The predicted molar refractivity (Wildman–Crippen MR) is 192 cm³/mol. The van der Waals surface area contributed by atoms with Crippen molar-refractivity contribution in [2.75, 3.05) is 0 Å². The lowest BCUT2D eigenvalue weighted by Gasteiger charge is -2.57. The van der Waals surface area contributed by atoms with Crippen molar-refractivity contribution in [3.05, 3.63) is 139 Å². The van der Waals surface area contributed by atoms with Crippen molar-refractivity contribution >= 4 is 0 Å². The van der Waals surface area contributed by atoms with Crippen LogP contribution in [0, 0.1) is 29.1 Å². The first-order valence-corrected chi connectivity index (χ1v) is 17.2. The number of nitriles is 1. The van der Waals surface area contributed by atoms with Crippen LogP contribution in [-0.2, 0) is 5.41 Å². The van der Waals surface area contributed by atoms with E-state index in [9.17, 15) is 5.26 Å². The molecule has 4 aliphatic carbocycles. The standard InChI is InChI=1S/C44H36N4/c45-28-29-8-7-13-36(21-29)38-22-37(33-9-3-1-4-10-33)23-39(24-38)43-47-41(34-11-5-2-6-12-34)46-42(48-43)35-14-16-40(17-15-35)44-25-30-18-31(26-44)20-32(19-30)27-44/h1-17,21-24,30-32H,18-20,25-27H2/t30-,31+,32-,44?. The molecule has 232 valence electrons. The van der Waals surface area contributed by atoms with Gasteiger partial charge in [0.1, 0.15) is 0 Å². The molecule has 48 heavy (non-hydrogen) atoms. The van der Waals surface area contributed by atoms with Crippen LogP contribution in [0.5, 0.6) is 0 Å². The Balaban J connectivity index is 1.17. The average molecular weight is 621 g/mol. The fraction of sp³-hybridized carbons (Fsp3) is 0.227. The lowest BCUT2D eigenvalue weighted by atomic mass is 9.48. The Morgan fingerprint density at radius 3 is 1.52 bits per heavy atom. The molecule has 0 N–H and O–H groups in total. The molecule has 0 saturated heterocycles. The number of benzene rings is 5. The molecule has 4 aliphatic rings. The Kier molecular flexibility index (Phi) is 7.01. The second kappa shape index (κ2) is 11.7. The van der Waals surface area contributed by atoms with E-state index in [-0.39, 0.29) is 0 Å². The number of rotatable bonds is 6. The minimum Gasteiger partial charge on any atom is -0.208 e. The normalized spacial score (nSPS) is 22.4. The molecule has 10 rings (SSSR count). The van der Waals surface area contributed by atoms with Crippen LogP contribution in [0.25, 0.3) is 56.4 Å². The van der Waals surface area contributed by atoms with Gasteiger partial charge in [0, 0.05) is 16.7 Å². The number of hydrogen-bond donors (Lipinski definition) is 0. The van der Waals surface area contributed by atoms with Gasteiger partial charge in [0.05, 0.1) is 11.6 Å². The first kappa shape index (κ1) is 28.8. The molecule has 6 aromatic rings. The Morgan fingerprint density at radius 1 is 0.458 bits per heavy atom. The zero-order chi connectivity index (χ0) is 32.1. The summed E-state index contributed by atoms with van der Waals surface area (Å²) in [6, 6.07) is 46.3. The lowest BCUT2D eigenvalue weighted by molar-refractivity contribution is -0.00518. The summed E-state index contributed by atoms with van der Waals surface area (Å²) in [5, 5.41) is 9.62. The summed E-state index contributed by atoms with van der Waals surface area (Å²) in [6.07, 6.45) is 8.40. The molecular formula is C44H36N4. The van der Waals surface area contributed by atoms with Crippen molar-refractivity contribution in [1.29, 1.82) is 5.26 Å². The van der Waals surface area contributed by atoms with E-state index in [0.717, 1.165) is 56.7 Å². The van der Waals surface area contributed by atoms with E-state index >= 15 is 0 Å². The van der Waals surface area contributed by atoms with Gasteiger partial charge < -0.3 is 0 Å². The van der Waals surface area contributed by atoms with Gasteiger partial charge in [0.15, 0.2) is 17.5 Å². The van der Waals surface area contributed by atoms with Crippen LogP contribution in [0.3, 0.4) is 0 Å². The van der Waals surface area contributed by atoms with E-state index in [1.54, 1.807) is 0 Å². The first-order valence-electron chi connectivity index (χ1n) is 17.2. The van der Waals surface area contributed by atoms with Crippen molar-refractivity contribution in [2.24, 2.45) is 17.8 Å². The van der Waals surface area contributed by atoms with Gasteiger partial charge in [-0.15, -0.1) is 0 Å². The van der Waals surface area contributed by atoms with E-state index in [4.69, 9.17) is 15.0 Å². The highest BCUT2D eigenvalue weighted by molar-refractivity contribution is 5.80. The van der Waals surface area contributed by atoms with E-state index in [2.05, 4.69) is 84.9 Å². The fourth-order valence-electron chi connectivity index (χ4n) is 9.28. The second-order valence-electron chi connectivity index (χ2n) is 14.3. The van der Waals surface area contributed by atoms with Crippen molar-refractivity contribution in [2.45, 2.75) is 43.9 Å². The maximum absolute atomic E-state index is 9.62. The third-order valence-corrected chi connectivity index (χ3v) is 11.1. The summed E-state index contributed by atoms with van der Waals surface area (Å²) < 4.78 is 0. The van der Waals surface area contributed by atoms with Crippen LogP contribution < -0.4 is 0 Å². The maximum atomic E-state index is 9.62. The summed E-state index contributed by atoms with van der Waals surface area (Å²) in [4.78, 5) is 15.3. The molecule has 4 fully saturated rings. The minimum atomic E-state index is 0.351. The number of hydrogen-bond acceptors (Lipinski definition) is 4. The summed E-state index contributed by atoms with van der Waals surface area (Å²) in [5.41, 5.74) is 9.50. The molecule has 0 atom stereocenters. The zero-order valence-electron chi connectivity index (χ0n) is 26.9. The Labute approximate surface area is 282 Å². The van der Waals surface area contributed by atoms with Crippen LogP contribution in [0.2, 0.25) is 0 Å². The molecule has 4 bridgehead atoms. The maximum Gasteiger partial charge on any atom is 0.164 e. The minimum absolute atomic E-state index is 0.351. The predicted octanol–water partition coefficient (Wildman–Crippen LogP) is 10.5. The van der Waals surface area contributed by atoms with E-state index < -0.39 is 0 Å². The highest BCUT2D eigenvalue weighted by atomic mass is 15.0. The largest absolute Gasteiger partial charge is 0.208 e. The highest BCUT2D eigenvalue weighted by Crippen LogP contribution is 2.60. The van der Waals surface area contributed by atoms with Crippen molar-refractivity contribution < 1.29 is 0 Å². The van der Waals surface area contributed by atoms with E-state index in [1.807, 2.05) is 48.5 Å². The fourth-order valence-corrected chi connectivity index (χ4v) is 9.28. The Morgan fingerprint density at radius 2 is 0.938 bits per heavy atom. The van der Waals surface area contributed by atoms with Crippen LogP contribution in [-0.4, -0.2) is 15.0 Å². The van der Waals surface area contributed by atoms with Crippen LogP contribution in [0.15, 0.2) is 127 Å². The molecule has 1 aromatic heterocycles. The van der Waals surface area contributed by atoms with Gasteiger partial charge in [0.25, 0.3) is 0 Å². The topological polar surface area (TPSA) is 62.5 Å². The summed E-state index contributed by atoms with van der Waals surface area (Å²) in [5.74, 6) is 4.69. The molecule has 1 heterocycles. The highest BCUT2D eigenvalue weighted by Gasteiger charge is 2.51. The van der Waals surface area contributed by atoms with Gasteiger partial charge in [-0.25, -0.2) is 15.0 Å². The SMILES string of the molecule is N#Cc1cccc(-c2cc(-c3ccccc3)cc(-c3nc(-c4ccccc4)nc(-c4ccc(C56C[C@H]7C[C@@H](C5)C[C@@H](C6)C7)cc4)n3)c2)c1. The van der Waals surface area contributed by atoms with Crippen molar-refractivity contribution in [1.82, 2.24) is 15.0 Å². The Hall–Kier alpha value is -5.40. The van der Waals surface area contributed by atoms with E-state index in [1.165, 1.54) is 44.1 Å². The lowest BCUT2D eigenvalue weighted by Crippen LogP contribution is -2.48. The van der Waals surface area contributed by atoms with Gasteiger partial charge in [-0.05, 0) is 120 Å². The van der Waals surface area contributed by atoms with E-state index in [0.29, 0.717) is 28.5 Å². The molecule has 4 heteroatoms. The summed E-state index contributed by atoms with van der Waals surface area (Å²) in [6.45, 7) is 0. The number of aromatic nitrogens is 3. The molecule has 0 amide bonds. The number of nitrogens with zero attached hydrogens (tertiary/aromatic N) is 4. The van der Waals surface area contributed by atoms with Crippen LogP contribution >= 0.6 is 0 Å². The summed E-state index contributed by atoms with van der Waals surface area (Å²) in [7, 11) is 0. The molecule has 0 aliphatic heterocycles.